The molecule has 2 atom stereocenters. The zero-order valence-electron chi connectivity index (χ0n) is 13.4. The van der Waals surface area contributed by atoms with E-state index in [1.54, 1.807) is 0 Å². The van der Waals surface area contributed by atoms with Gasteiger partial charge >= 0.3 is 0 Å². The van der Waals surface area contributed by atoms with Crippen LogP contribution in [0.3, 0.4) is 0 Å². The van der Waals surface area contributed by atoms with Gasteiger partial charge < -0.3 is 15.8 Å². The molecule has 0 aromatic heterocycles. The van der Waals surface area contributed by atoms with Crippen LogP contribution in [0.1, 0.15) is 36.8 Å². The number of carbonyl (C=O) groups excluding carboxylic acids is 1. The Kier molecular flexibility index (Phi) is 7.69. The molecule has 2 rings (SSSR count). The highest BCUT2D eigenvalue weighted by molar-refractivity contribution is 5.85. The number of nitrogens with two attached hydrogens (primary N) is 1. The molecule has 1 amide bonds. The lowest BCUT2D eigenvalue weighted by Gasteiger charge is -2.25. The van der Waals surface area contributed by atoms with Gasteiger partial charge in [0.2, 0.25) is 5.91 Å². The molecule has 1 aliphatic carbocycles. The van der Waals surface area contributed by atoms with E-state index in [0.717, 1.165) is 42.6 Å². The molecule has 1 aromatic rings. The second-order valence-electron chi connectivity index (χ2n) is 5.98. The summed E-state index contributed by atoms with van der Waals surface area (Å²) >= 11 is 0. The Morgan fingerprint density at radius 3 is 2.64 bits per heavy atom. The number of halogens is 1. The molecule has 1 aliphatic rings. The van der Waals surface area contributed by atoms with Gasteiger partial charge in [-0.1, -0.05) is 24.6 Å². The van der Waals surface area contributed by atoms with Gasteiger partial charge in [0.05, 0.1) is 6.54 Å². The lowest BCUT2D eigenvalue weighted by Crippen LogP contribution is -2.39. The number of carbonyl (C=O) groups is 1. The normalized spacial score (nSPS) is 20.9. The maximum Gasteiger partial charge on any atom is 0.223 e. The number of ether oxygens (including phenoxy) is 1. The minimum absolute atomic E-state index is 0. The number of rotatable bonds is 5. The van der Waals surface area contributed by atoms with Crippen LogP contribution in [0.15, 0.2) is 18.2 Å². The molecule has 4 nitrogen and oxygen atoms in total. The van der Waals surface area contributed by atoms with Gasteiger partial charge in [-0.25, -0.2) is 0 Å². The van der Waals surface area contributed by atoms with Crippen LogP contribution in [0.5, 0.6) is 5.75 Å². The summed E-state index contributed by atoms with van der Waals surface area (Å²) in [5.74, 6) is 1.12. The van der Waals surface area contributed by atoms with E-state index in [1.807, 2.05) is 32.0 Å². The molecule has 0 heterocycles. The molecule has 0 aliphatic heterocycles. The summed E-state index contributed by atoms with van der Waals surface area (Å²) in [6, 6.07) is 6.26. The largest absolute Gasteiger partial charge is 0.491 e. The van der Waals surface area contributed by atoms with Gasteiger partial charge in [0.25, 0.3) is 0 Å². The van der Waals surface area contributed by atoms with Crippen molar-refractivity contribution < 1.29 is 9.53 Å². The van der Waals surface area contributed by atoms with Crippen LogP contribution in [-0.4, -0.2) is 25.1 Å². The Labute approximate surface area is 139 Å². The predicted octanol–water partition coefficient (Wildman–Crippen LogP) is 2.74. The number of hydrogen-bond donors (Lipinski definition) is 2. The van der Waals surface area contributed by atoms with Crippen LogP contribution in [0, 0.1) is 19.8 Å². The van der Waals surface area contributed by atoms with Crippen molar-refractivity contribution >= 4 is 18.3 Å². The summed E-state index contributed by atoms with van der Waals surface area (Å²) in [4.78, 5) is 12.1. The molecule has 0 radical (unpaired) electrons. The minimum Gasteiger partial charge on any atom is -0.491 e. The molecular weight excluding hydrogens is 300 g/mol. The van der Waals surface area contributed by atoms with Crippen molar-refractivity contribution in [3.8, 4) is 5.75 Å². The number of aryl methyl sites for hydroxylation is 2. The number of nitrogens with one attached hydrogen (secondary N) is 1. The molecule has 22 heavy (non-hydrogen) atoms. The number of para-hydroxylation sites is 1. The smallest absolute Gasteiger partial charge is 0.223 e. The molecule has 0 spiro atoms. The molecule has 1 aromatic carbocycles. The van der Waals surface area contributed by atoms with E-state index in [9.17, 15) is 4.79 Å². The van der Waals surface area contributed by atoms with Gasteiger partial charge in [0.1, 0.15) is 12.4 Å². The molecular formula is C17H27ClN2O2. The third kappa shape index (κ3) is 5.18. The lowest BCUT2D eigenvalue weighted by atomic mass is 9.85. The maximum atomic E-state index is 12.1. The SMILES string of the molecule is Cc1cccc(C)c1OCCNC(=O)C1CCCC(N)C1.Cl. The fourth-order valence-electron chi connectivity index (χ4n) is 2.96. The summed E-state index contributed by atoms with van der Waals surface area (Å²) in [6.07, 6.45) is 3.86. The van der Waals surface area contributed by atoms with E-state index in [1.165, 1.54) is 0 Å². The van der Waals surface area contributed by atoms with Crippen molar-refractivity contribution in [1.82, 2.24) is 5.32 Å². The predicted molar refractivity (Wildman–Crippen MR) is 91.6 cm³/mol. The van der Waals surface area contributed by atoms with Crippen molar-refractivity contribution in [2.24, 2.45) is 11.7 Å². The van der Waals surface area contributed by atoms with Crippen molar-refractivity contribution in [3.63, 3.8) is 0 Å². The van der Waals surface area contributed by atoms with Crippen molar-refractivity contribution in [1.29, 1.82) is 0 Å². The van der Waals surface area contributed by atoms with Crippen LogP contribution < -0.4 is 15.8 Å². The van der Waals surface area contributed by atoms with E-state index < -0.39 is 0 Å². The standard InChI is InChI=1S/C17H26N2O2.ClH/c1-12-5-3-6-13(2)16(12)21-10-9-19-17(20)14-7-4-8-15(18)11-14;/h3,5-6,14-15H,4,7-11,18H2,1-2H3,(H,19,20);1H. The van der Waals surface area contributed by atoms with Crippen LogP contribution in [0.25, 0.3) is 0 Å². The van der Waals surface area contributed by atoms with Crippen molar-refractivity contribution in [3.05, 3.63) is 29.3 Å². The Morgan fingerprint density at radius 1 is 1.32 bits per heavy atom. The molecule has 0 saturated heterocycles. The Morgan fingerprint density at radius 2 is 2.00 bits per heavy atom. The Bertz CT molecular complexity index is 473. The highest BCUT2D eigenvalue weighted by Crippen LogP contribution is 2.23. The molecule has 2 unspecified atom stereocenters. The maximum absolute atomic E-state index is 12.1. The average molecular weight is 327 g/mol. The number of hydrogen-bond acceptors (Lipinski definition) is 3. The van der Waals surface area contributed by atoms with Gasteiger partial charge in [0.15, 0.2) is 0 Å². The third-order valence-electron chi connectivity index (χ3n) is 4.14. The minimum atomic E-state index is 0. The second kappa shape index (κ2) is 9.01. The first kappa shape index (κ1) is 18.8. The van der Waals surface area contributed by atoms with E-state index in [0.29, 0.717) is 13.2 Å². The summed E-state index contributed by atoms with van der Waals surface area (Å²) in [6.45, 7) is 5.10. The van der Waals surface area contributed by atoms with E-state index in [2.05, 4.69) is 5.32 Å². The van der Waals surface area contributed by atoms with Crippen LogP contribution in [-0.2, 0) is 4.79 Å². The fraction of sp³-hybridized carbons (Fsp3) is 0.588. The first-order valence-corrected chi connectivity index (χ1v) is 7.80. The first-order chi connectivity index (χ1) is 10.1. The lowest BCUT2D eigenvalue weighted by molar-refractivity contribution is -0.126. The summed E-state index contributed by atoms with van der Waals surface area (Å²) < 4.78 is 5.79. The van der Waals surface area contributed by atoms with Gasteiger partial charge in [0, 0.05) is 12.0 Å². The molecule has 124 valence electrons. The summed E-state index contributed by atoms with van der Waals surface area (Å²) in [5.41, 5.74) is 8.17. The molecule has 1 fully saturated rings. The van der Waals surface area contributed by atoms with Crippen molar-refractivity contribution in [2.75, 3.05) is 13.2 Å². The van der Waals surface area contributed by atoms with Gasteiger partial charge in [-0.3, -0.25) is 4.79 Å². The quantitative estimate of drug-likeness (QED) is 0.818. The molecule has 1 saturated carbocycles. The fourth-order valence-corrected chi connectivity index (χ4v) is 2.96. The molecule has 0 bridgehead atoms. The third-order valence-corrected chi connectivity index (χ3v) is 4.14. The van der Waals surface area contributed by atoms with Gasteiger partial charge in [-0.05, 0) is 44.2 Å². The molecule has 3 N–H and O–H groups in total. The highest BCUT2D eigenvalue weighted by atomic mass is 35.5. The monoisotopic (exact) mass is 326 g/mol. The first-order valence-electron chi connectivity index (χ1n) is 7.80. The number of benzene rings is 1. The van der Waals surface area contributed by atoms with Crippen LogP contribution in [0.4, 0.5) is 0 Å². The van der Waals surface area contributed by atoms with E-state index in [-0.39, 0.29) is 30.3 Å². The van der Waals surface area contributed by atoms with Crippen molar-refractivity contribution in [2.45, 2.75) is 45.6 Å². The van der Waals surface area contributed by atoms with Gasteiger partial charge in [-0.2, -0.15) is 0 Å². The second-order valence-corrected chi connectivity index (χ2v) is 5.98. The number of amides is 1. The van der Waals surface area contributed by atoms with Crippen LogP contribution in [0.2, 0.25) is 0 Å². The van der Waals surface area contributed by atoms with E-state index in [4.69, 9.17) is 10.5 Å². The zero-order valence-corrected chi connectivity index (χ0v) is 14.2. The summed E-state index contributed by atoms with van der Waals surface area (Å²) in [7, 11) is 0. The average Bonchev–Trinajstić information content (AvgIpc) is 2.45. The highest BCUT2D eigenvalue weighted by Gasteiger charge is 2.24. The Balaban J connectivity index is 0.00000242. The topological polar surface area (TPSA) is 64.3 Å². The van der Waals surface area contributed by atoms with E-state index >= 15 is 0 Å². The van der Waals surface area contributed by atoms with Crippen LogP contribution >= 0.6 is 12.4 Å². The van der Waals surface area contributed by atoms with Gasteiger partial charge in [-0.15, -0.1) is 12.4 Å². The summed E-state index contributed by atoms with van der Waals surface area (Å²) in [5, 5.41) is 2.96. The molecule has 5 heteroatoms. The zero-order chi connectivity index (χ0) is 15.2. The Hall–Kier alpha value is -1.26.